The number of nitrogens with one attached hydrogen (secondary N) is 1. The van der Waals surface area contributed by atoms with Crippen molar-refractivity contribution < 1.29 is 4.79 Å². The fourth-order valence-electron chi connectivity index (χ4n) is 5.32. The topological polar surface area (TPSA) is 67.2 Å². The highest BCUT2D eigenvalue weighted by atomic mass is 35.5. The van der Waals surface area contributed by atoms with Gasteiger partial charge in [-0.1, -0.05) is 78.3 Å². The number of carbonyl (C=O) groups excluding carboxylic acids is 1. The lowest BCUT2D eigenvalue weighted by atomic mass is 10.0. The third kappa shape index (κ3) is 4.13. The summed E-state index contributed by atoms with van der Waals surface area (Å²) in [6.07, 6.45) is 0.590. The lowest BCUT2D eigenvalue weighted by Gasteiger charge is -2.34. The summed E-state index contributed by atoms with van der Waals surface area (Å²) >= 11 is 6.15. The Morgan fingerprint density at radius 3 is 2.59 bits per heavy atom. The van der Waals surface area contributed by atoms with Crippen molar-refractivity contribution in [3.05, 3.63) is 118 Å². The van der Waals surface area contributed by atoms with Crippen LogP contribution in [0.3, 0.4) is 0 Å². The number of aromatic nitrogens is 2. The van der Waals surface area contributed by atoms with Crippen LogP contribution in [0.1, 0.15) is 36.8 Å². The predicted octanol–water partition coefficient (Wildman–Crippen LogP) is 6.94. The minimum Gasteiger partial charge on any atom is -0.308 e. The predicted molar refractivity (Wildman–Crippen MR) is 148 cm³/mol. The minimum atomic E-state index is -0.377. The van der Waals surface area contributed by atoms with E-state index < -0.39 is 0 Å². The molecule has 0 radical (unpaired) electrons. The van der Waals surface area contributed by atoms with E-state index in [2.05, 4.69) is 5.32 Å². The van der Waals surface area contributed by atoms with Crippen molar-refractivity contribution in [2.45, 2.75) is 32.0 Å². The number of anilines is 1. The second kappa shape index (κ2) is 9.37. The molecule has 2 unspecified atom stereocenters. The molecule has 37 heavy (non-hydrogen) atoms. The zero-order valence-corrected chi connectivity index (χ0v) is 21.0. The summed E-state index contributed by atoms with van der Waals surface area (Å²) < 4.78 is 1.68. The number of fused-ring (bicyclic) bond motifs is 3. The van der Waals surface area contributed by atoms with Crippen molar-refractivity contribution in [2.75, 3.05) is 5.32 Å². The van der Waals surface area contributed by atoms with E-state index in [-0.39, 0.29) is 23.7 Å². The summed E-state index contributed by atoms with van der Waals surface area (Å²) in [4.78, 5) is 34.1. The van der Waals surface area contributed by atoms with Crippen LogP contribution in [0.15, 0.2) is 95.8 Å². The monoisotopic (exact) mass is 508 g/mol. The van der Waals surface area contributed by atoms with Crippen molar-refractivity contribution in [2.24, 2.45) is 0 Å². The highest BCUT2D eigenvalue weighted by Gasteiger charge is 2.37. The number of nitrogens with zero attached hydrogens (tertiary/aromatic N) is 3. The van der Waals surface area contributed by atoms with Gasteiger partial charge in [-0.3, -0.25) is 9.36 Å². The van der Waals surface area contributed by atoms with E-state index in [0.717, 1.165) is 22.0 Å². The molecular formula is C30H25ClN4O2. The average molecular weight is 509 g/mol. The zero-order chi connectivity index (χ0) is 25.5. The first-order chi connectivity index (χ1) is 18.0. The molecule has 0 fully saturated rings. The molecule has 1 aliphatic rings. The molecule has 2 atom stereocenters. The molecule has 0 saturated carbocycles. The molecular weight excluding hydrogens is 484 g/mol. The Balaban J connectivity index is 1.45. The van der Waals surface area contributed by atoms with Crippen LogP contribution in [-0.4, -0.2) is 20.5 Å². The minimum absolute atomic E-state index is 0.133. The van der Waals surface area contributed by atoms with Gasteiger partial charge in [-0.2, -0.15) is 0 Å². The van der Waals surface area contributed by atoms with Crippen LogP contribution in [-0.2, 0) is 6.54 Å². The number of halogens is 1. The third-order valence-corrected chi connectivity index (χ3v) is 7.41. The first-order valence-electron chi connectivity index (χ1n) is 12.3. The highest BCUT2D eigenvalue weighted by molar-refractivity contribution is 6.31. The molecule has 6 nitrogen and oxygen atoms in total. The van der Waals surface area contributed by atoms with Crippen LogP contribution in [0.2, 0.25) is 5.02 Å². The fourth-order valence-corrected chi connectivity index (χ4v) is 5.49. The van der Waals surface area contributed by atoms with Crippen LogP contribution in [0.4, 0.5) is 10.5 Å². The molecule has 0 aliphatic carbocycles. The van der Waals surface area contributed by atoms with Gasteiger partial charge in [0.15, 0.2) is 0 Å². The van der Waals surface area contributed by atoms with Gasteiger partial charge in [0, 0.05) is 17.0 Å². The molecule has 2 heterocycles. The van der Waals surface area contributed by atoms with E-state index >= 15 is 0 Å². The number of hydrogen-bond acceptors (Lipinski definition) is 3. The van der Waals surface area contributed by atoms with Gasteiger partial charge in [-0.25, -0.2) is 9.78 Å². The van der Waals surface area contributed by atoms with Gasteiger partial charge in [-0.15, -0.1) is 0 Å². The van der Waals surface area contributed by atoms with E-state index in [4.69, 9.17) is 16.6 Å². The Kier molecular flexibility index (Phi) is 5.89. The Hall–Kier alpha value is -4.16. The first kappa shape index (κ1) is 23.3. The molecule has 1 N–H and O–H groups in total. The zero-order valence-electron chi connectivity index (χ0n) is 20.3. The highest BCUT2D eigenvalue weighted by Crippen LogP contribution is 2.37. The second-order valence-corrected chi connectivity index (χ2v) is 9.78. The van der Waals surface area contributed by atoms with Crippen molar-refractivity contribution in [1.29, 1.82) is 0 Å². The van der Waals surface area contributed by atoms with E-state index in [1.54, 1.807) is 22.8 Å². The number of hydrogen-bond donors (Lipinski definition) is 1. The smallest absolute Gasteiger partial charge is 0.308 e. The molecule has 0 spiro atoms. The van der Waals surface area contributed by atoms with Crippen molar-refractivity contribution in [3.8, 4) is 0 Å². The van der Waals surface area contributed by atoms with Crippen LogP contribution in [0.25, 0.3) is 21.7 Å². The van der Waals surface area contributed by atoms with Gasteiger partial charge in [0.1, 0.15) is 5.82 Å². The maximum absolute atomic E-state index is 14.0. The molecule has 2 amide bonds. The van der Waals surface area contributed by atoms with Crippen molar-refractivity contribution in [3.63, 3.8) is 0 Å². The lowest BCUT2D eigenvalue weighted by molar-refractivity contribution is 0.159. The van der Waals surface area contributed by atoms with Gasteiger partial charge in [0.25, 0.3) is 5.56 Å². The summed E-state index contributed by atoms with van der Waals surface area (Å²) in [6.45, 7) is 2.49. The number of urea groups is 1. The van der Waals surface area contributed by atoms with Crippen LogP contribution in [0, 0.1) is 0 Å². The maximum Gasteiger partial charge on any atom is 0.322 e. The summed E-state index contributed by atoms with van der Waals surface area (Å²) in [7, 11) is 0. The molecule has 0 saturated heterocycles. The van der Waals surface area contributed by atoms with Crippen molar-refractivity contribution in [1.82, 2.24) is 14.5 Å². The van der Waals surface area contributed by atoms with E-state index in [1.165, 1.54) is 0 Å². The number of benzene rings is 4. The Labute approximate surface area is 219 Å². The Bertz CT molecular complexity index is 1690. The van der Waals surface area contributed by atoms with E-state index in [9.17, 15) is 9.59 Å². The standard InChI is InChI=1S/C30H25ClN4O2/c1-19(20-8-3-2-4-9-20)35(30(37)33-25-13-7-11-21-10-5-6-12-23(21)25)27-16-17-34-28(27)32-26-15-14-22(31)18-24(26)29(34)36/h2-15,18-19,27H,16-17H2,1H3,(H,33,37). The van der Waals surface area contributed by atoms with Crippen LogP contribution < -0.4 is 10.9 Å². The molecule has 0 bridgehead atoms. The Morgan fingerprint density at radius 1 is 1.00 bits per heavy atom. The summed E-state index contributed by atoms with van der Waals surface area (Å²) in [5, 5.41) is 6.15. The van der Waals surface area contributed by atoms with E-state index in [0.29, 0.717) is 34.7 Å². The quantitative estimate of drug-likeness (QED) is 0.286. The molecule has 184 valence electrons. The summed E-state index contributed by atoms with van der Waals surface area (Å²) in [6, 6.07) is 28.0. The van der Waals surface area contributed by atoms with E-state index in [1.807, 2.05) is 84.6 Å². The van der Waals surface area contributed by atoms with Gasteiger partial charge in [0.05, 0.1) is 28.7 Å². The molecule has 7 heteroatoms. The molecule has 4 aromatic carbocycles. The summed E-state index contributed by atoms with van der Waals surface area (Å²) in [5.74, 6) is 0.593. The van der Waals surface area contributed by atoms with Crippen LogP contribution in [0.5, 0.6) is 0 Å². The van der Waals surface area contributed by atoms with Crippen LogP contribution >= 0.6 is 11.6 Å². The van der Waals surface area contributed by atoms with Crippen molar-refractivity contribution >= 4 is 45.0 Å². The maximum atomic E-state index is 14.0. The number of amides is 2. The number of carbonyl (C=O) groups is 1. The Morgan fingerprint density at radius 2 is 1.76 bits per heavy atom. The first-order valence-corrected chi connectivity index (χ1v) is 12.7. The lowest BCUT2D eigenvalue weighted by Crippen LogP contribution is -2.40. The molecule has 6 rings (SSSR count). The van der Waals surface area contributed by atoms with Gasteiger partial charge in [-0.05, 0) is 48.6 Å². The normalized spacial score (nSPS) is 15.5. The largest absolute Gasteiger partial charge is 0.322 e. The number of rotatable bonds is 4. The van der Waals surface area contributed by atoms with Gasteiger partial charge >= 0.3 is 6.03 Å². The SMILES string of the molecule is CC(c1ccccc1)N(C(=O)Nc1cccc2ccccc12)C1CCn2c1nc1ccc(Cl)cc1c2=O. The average Bonchev–Trinajstić information content (AvgIpc) is 3.33. The summed E-state index contributed by atoms with van der Waals surface area (Å²) in [5.41, 5.74) is 2.19. The third-order valence-electron chi connectivity index (χ3n) is 7.17. The molecule has 1 aromatic heterocycles. The molecule has 5 aromatic rings. The second-order valence-electron chi connectivity index (χ2n) is 9.34. The van der Waals surface area contributed by atoms with Gasteiger partial charge < -0.3 is 10.2 Å². The molecule has 1 aliphatic heterocycles. The fraction of sp³-hybridized carbons (Fsp3) is 0.167. The van der Waals surface area contributed by atoms with Gasteiger partial charge in [0.2, 0.25) is 0 Å².